The first kappa shape index (κ1) is 24.8. The zero-order valence-corrected chi connectivity index (χ0v) is 20.0. The monoisotopic (exact) mass is 466 g/mol. The summed E-state index contributed by atoms with van der Waals surface area (Å²) in [6.07, 6.45) is 0. The average Bonchev–Trinajstić information content (AvgIpc) is 3.50. The largest absolute Gasteiger partial charge is 0.497 e. The molecule has 0 aliphatic carbocycles. The summed E-state index contributed by atoms with van der Waals surface area (Å²) >= 11 is 0. The quantitative estimate of drug-likeness (QED) is 0.509. The summed E-state index contributed by atoms with van der Waals surface area (Å²) in [5.74, 6) is 0.871. The van der Waals surface area contributed by atoms with Gasteiger partial charge in [0.2, 0.25) is 0 Å². The summed E-state index contributed by atoms with van der Waals surface area (Å²) in [4.78, 5) is 35.9. The van der Waals surface area contributed by atoms with Crippen LogP contribution in [0.1, 0.15) is 47.1 Å². The van der Waals surface area contributed by atoms with Gasteiger partial charge in [0.25, 0.3) is 11.8 Å². The van der Waals surface area contributed by atoms with E-state index in [1.54, 1.807) is 31.2 Å². The van der Waals surface area contributed by atoms with Gasteiger partial charge in [-0.2, -0.15) is 0 Å². The van der Waals surface area contributed by atoms with Gasteiger partial charge >= 0.3 is 6.03 Å². The fourth-order valence-electron chi connectivity index (χ4n) is 3.74. The van der Waals surface area contributed by atoms with Crippen LogP contribution in [-0.4, -0.2) is 44.0 Å². The third-order valence-electron chi connectivity index (χ3n) is 5.34. The van der Waals surface area contributed by atoms with Crippen molar-refractivity contribution in [3.05, 3.63) is 64.9 Å². The smallest absolute Gasteiger partial charge is 0.322 e. The average molecular weight is 467 g/mol. The number of nitrogens with one attached hydrogen (secondary N) is 3. The van der Waals surface area contributed by atoms with Gasteiger partial charge in [0.15, 0.2) is 6.04 Å². The van der Waals surface area contributed by atoms with Crippen molar-refractivity contribution in [2.24, 2.45) is 0 Å². The van der Waals surface area contributed by atoms with Crippen LogP contribution < -0.4 is 20.7 Å². The minimum absolute atomic E-state index is 0.0777. The lowest BCUT2D eigenvalue weighted by atomic mass is 10.1. The van der Waals surface area contributed by atoms with E-state index in [4.69, 9.17) is 9.15 Å². The zero-order chi connectivity index (χ0) is 24.8. The second kappa shape index (κ2) is 10.8. The van der Waals surface area contributed by atoms with E-state index in [1.807, 2.05) is 51.2 Å². The lowest BCUT2D eigenvalue weighted by molar-refractivity contribution is -0.120. The number of carbonyl (C=O) groups is 3. The minimum atomic E-state index is -0.743. The molecule has 3 aromatic rings. The minimum Gasteiger partial charge on any atom is -0.497 e. The molecule has 4 amide bonds. The van der Waals surface area contributed by atoms with Gasteiger partial charge in [0.05, 0.1) is 7.11 Å². The molecular formula is C25H30N4O5. The standard InChI is InChI=1S/C13H13N3O3.C10H11NO2.C2H6/c1-14-6-7-2-3-9-8(4-7)5-10(19-9)11-12(17)16-13(18)15-11;1-11-6-7-3-4-8(13-2)5-9(7)10(11)12;1-2/h2-5,11,14H,6H2,1H3,(H2,15,16,17,18);3-5H,6H2,1-2H3;1-2H3/t11-;;/m0../s1. The number of hydrogen-bond donors (Lipinski definition) is 3. The van der Waals surface area contributed by atoms with Gasteiger partial charge in [0, 0.05) is 31.1 Å². The number of nitrogens with zero attached hydrogens (tertiary/aromatic N) is 1. The molecule has 1 aromatic heterocycles. The van der Waals surface area contributed by atoms with Crippen LogP contribution in [-0.2, 0) is 17.9 Å². The van der Waals surface area contributed by atoms with Crippen molar-refractivity contribution in [2.45, 2.75) is 33.0 Å². The van der Waals surface area contributed by atoms with Crippen molar-refractivity contribution >= 4 is 28.8 Å². The van der Waals surface area contributed by atoms with E-state index in [2.05, 4.69) is 16.0 Å². The van der Waals surface area contributed by atoms with E-state index in [0.29, 0.717) is 17.9 Å². The van der Waals surface area contributed by atoms with Crippen LogP contribution in [0.3, 0.4) is 0 Å². The highest BCUT2D eigenvalue weighted by Crippen LogP contribution is 2.27. The van der Waals surface area contributed by atoms with E-state index >= 15 is 0 Å². The second-order valence-electron chi connectivity index (χ2n) is 7.63. The topological polar surface area (TPSA) is 113 Å². The van der Waals surface area contributed by atoms with Crippen molar-refractivity contribution < 1.29 is 23.5 Å². The SMILES string of the molecule is CC.CNCc1ccc2oc([C@@H]3NC(=O)NC3=O)cc2c1.COc1ccc2c(c1)C(=O)N(C)C2. The van der Waals surface area contributed by atoms with E-state index in [-0.39, 0.29) is 11.8 Å². The number of carbonyl (C=O) groups excluding carboxylic acids is 3. The van der Waals surface area contributed by atoms with Gasteiger partial charge in [-0.1, -0.05) is 26.0 Å². The van der Waals surface area contributed by atoms with Gasteiger partial charge in [-0.25, -0.2) is 4.79 Å². The number of urea groups is 1. The Hall–Kier alpha value is -3.85. The molecule has 180 valence electrons. The molecule has 1 saturated heterocycles. The van der Waals surface area contributed by atoms with Crippen LogP contribution in [0.25, 0.3) is 11.0 Å². The number of methoxy groups -OCH3 is 1. The number of imide groups is 1. The normalized spacial score (nSPS) is 16.2. The number of furan rings is 1. The molecule has 0 radical (unpaired) electrons. The summed E-state index contributed by atoms with van der Waals surface area (Å²) in [5, 5.41) is 8.68. The fourth-order valence-corrected chi connectivity index (χ4v) is 3.74. The summed E-state index contributed by atoms with van der Waals surface area (Å²) in [7, 11) is 5.28. The lowest BCUT2D eigenvalue weighted by Gasteiger charge is -2.04. The maximum absolute atomic E-state index is 11.6. The third-order valence-corrected chi connectivity index (χ3v) is 5.34. The Labute approximate surface area is 198 Å². The lowest BCUT2D eigenvalue weighted by Crippen LogP contribution is -2.22. The van der Waals surface area contributed by atoms with E-state index in [9.17, 15) is 14.4 Å². The molecule has 3 N–H and O–H groups in total. The number of ether oxygens (including phenoxy) is 1. The number of amides is 4. The van der Waals surface area contributed by atoms with Crippen LogP contribution in [0.15, 0.2) is 46.9 Å². The van der Waals surface area contributed by atoms with Gasteiger partial charge in [-0.3, -0.25) is 14.9 Å². The molecule has 3 heterocycles. The van der Waals surface area contributed by atoms with Crippen molar-refractivity contribution in [3.63, 3.8) is 0 Å². The molecule has 9 heteroatoms. The Kier molecular flexibility index (Phi) is 7.91. The van der Waals surface area contributed by atoms with E-state index < -0.39 is 12.1 Å². The van der Waals surface area contributed by atoms with Gasteiger partial charge in [0.1, 0.15) is 17.1 Å². The molecule has 1 atom stereocenters. The van der Waals surface area contributed by atoms with Gasteiger partial charge in [-0.15, -0.1) is 0 Å². The highest BCUT2D eigenvalue weighted by atomic mass is 16.5. The molecule has 0 bridgehead atoms. The molecule has 0 saturated carbocycles. The maximum atomic E-state index is 11.6. The highest BCUT2D eigenvalue weighted by molar-refractivity contribution is 6.04. The van der Waals surface area contributed by atoms with Gasteiger partial charge < -0.3 is 24.7 Å². The number of rotatable bonds is 4. The summed E-state index contributed by atoms with van der Waals surface area (Å²) in [5.41, 5.74) is 3.67. The van der Waals surface area contributed by atoms with Gasteiger partial charge in [-0.05, 0) is 48.5 Å². The zero-order valence-electron chi connectivity index (χ0n) is 20.0. The molecule has 0 spiro atoms. The Morgan fingerprint density at radius 2 is 1.88 bits per heavy atom. The van der Waals surface area contributed by atoms with Crippen LogP contribution in [0, 0.1) is 0 Å². The predicted octanol–water partition coefficient (Wildman–Crippen LogP) is 3.34. The summed E-state index contributed by atoms with van der Waals surface area (Å²) in [6.45, 7) is 5.47. The van der Waals surface area contributed by atoms with E-state index in [0.717, 1.165) is 34.4 Å². The van der Waals surface area contributed by atoms with Crippen LogP contribution in [0.2, 0.25) is 0 Å². The maximum Gasteiger partial charge on any atom is 0.322 e. The first-order valence-electron chi connectivity index (χ1n) is 11.1. The highest BCUT2D eigenvalue weighted by Gasteiger charge is 2.33. The third kappa shape index (κ3) is 5.20. The first-order valence-corrected chi connectivity index (χ1v) is 11.1. The Balaban J connectivity index is 0.000000189. The molecule has 2 aliphatic heterocycles. The van der Waals surface area contributed by atoms with Crippen molar-refractivity contribution in [1.82, 2.24) is 20.9 Å². The fraction of sp³-hybridized carbons (Fsp3) is 0.320. The number of benzene rings is 2. The molecular weight excluding hydrogens is 436 g/mol. The summed E-state index contributed by atoms with van der Waals surface area (Å²) in [6, 6.07) is 12.0. The molecule has 2 aromatic carbocycles. The Bertz CT molecular complexity index is 1200. The molecule has 1 fully saturated rings. The van der Waals surface area contributed by atoms with Crippen molar-refractivity contribution in [2.75, 3.05) is 21.2 Å². The predicted molar refractivity (Wildman–Crippen MR) is 129 cm³/mol. The Morgan fingerprint density at radius 3 is 2.53 bits per heavy atom. The summed E-state index contributed by atoms with van der Waals surface area (Å²) < 4.78 is 10.7. The van der Waals surface area contributed by atoms with Crippen molar-refractivity contribution in [1.29, 1.82) is 0 Å². The van der Waals surface area contributed by atoms with Crippen LogP contribution in [0.5, 0.6) is 5.75 Å². The molecule has 2 aliphatic rings. The molecule has 9 nitrogen and oxygen atoms in total. The second-order valence-corrected chi connectivity index (χ2v) is 7.63. The van der Waals surface area contributed by atoms with Crippen LogP contribution >= 0.6 is 0 Å². The molecule has 0 unspecified atom stereocenters. The van der Waals surface area contributed by atoms with Crippen molar-refractivity contribution in [3.8, 4) is 5.75 Å². The number of fused-ring (bicyclic) bond motifs is 2. The molecule has 5 rings (SSSR count). The number of hydrogen-bond acceptors (Lipinski definition) is 6. The Morgan fingerprint density at radius 1 is 1.12 bits per heavy atom. The molecule has 34 heavy (non-hydrogen) atoms. The first-order chi connectivity index (χ1) is 16.4. The van der Waals surface area contributed by atoms with Crippen LogP contribution in [0.4, 0.5) is 4.79 Å². The van der Waals surface area contributed by atoms with E-state index in [1.165, 1.54) is 0 Å².